The van der Waals surface area contributed by atoms with Gasteiger partial charge < -0.3 is 28.2 Å². The van der Waals surface area contributed by atoms with E-state index in [1.54, 1.807) is 0 Å². The Morgan fingerprint density at radius 1 is 0.306 bits per heavy atom. The Labute approximate surface area is 575 Å². The van der Waals surface area contributed by atoms with E-state index in [2.05, 4.69) is 285 Å². The van der Waals surface area contributed by atoms with Crippen LogP contribution in [0.4, 0.5) is 0 Å². The number of benzene rings is 14. The molecule has 6 heterocycles. The molecule has 0 atom stereocenters. The molecule has 0 aliphatic rings. The zero-order chi connectivity index (χ0) is 65.2. The molecule has 20 aromatic rings. The first-order valence-electron chi connectivity index (χ1n) is 32.7. The SMILES string of the molecule is CC(=O)CC(C)=O.Cc1cnc2c3[c-]c(-n4c5ccccc5c5ccccc54)ccc3c3ccc(-n4c5ccccc5c5ccccc54)cc3c2n1.Cc1cnc2c3[c-]c(-n4c5ccccc5c5ccccc54)ccc3c3ccc(-n4c5ccccc5c5ccccc54)cc3c2n1.[Ir+3]. The van der Waals surface area contributed by atoms with Crippen LogP contribution in [-0.4, -0.2) is 49.8 Å². The zero-order valence-corrected chi connectivity index (χ0v) is 56.2. The van der Waals surface area contributed by atoms with Gasteiger partial charge in [0.05, 0.1) is 73.0 Å². The third-order valence-electron chi connectivity index (χ3n) is 19.0. The van der Waals surface area contributed by atoms with E-state index in [0.29, 0.717) is 0 Å². The molecule has 0 radical (unpaired) electrons. The van der Waals surface area contributed by atoms with Crippen molar-refractivity contribution < 1.29 is 29.7 Å². The predicted molar refractivity (Wildman–Crippen MR) is 400 cm³/mol. The van der Waals surface area contributed by atoms with Crippen LogP contribution in [0, 0.1) is 26.0 Å². The number of carbonyl (C=O) groups excluding carboxylic acids is 2. The number of Topliss-reactive ketones (excluding diaryl/α,β-unsaturated/α-hetero) is 2. The van der Waals surface area contributed by atoms with Crippen LogP contribution >= 0.6 is 0 Å². The molecule has 0 saturated carbocycles. The summed E-state index contributed by atoms with van der Waals surface area (Å²) in [4.78, 5) is 40.2. The van der Waals surface area contributed by atoms with Crippen molar-refractivity contribution in [3.63, 3.8) is 0 Å². The smallest absolute Gasteiger partial charge is 0.327 e. The maximum Gasteiger partial charge on any atom is 3.00 e. The number of hydrogen-bond acceptors (Lipinski definition) is 6. The molecule has 466 valence electrons. The first-order valence-corrected chi connectivity index (χ1v) is 32.7. The van der Waals surface area contributed by atoms with Crippen LogP contribution in [0.15, 0.2) is 267 Å². The molecule has 98 heavy (non-hydrogen) atoms. The number of ketones is 2. The molecule has 0 spiro atoms. The standard InChI is InChI=1S/2C41H25N4.C5H8O2.Ir/c2*1-25-24-42-40-34-22-26(44-36-14-6-2-10-30(36)31-11-3-7-15-37(31)44)18-20-28(34)29-21-19-27(23-35(29)41(40)43-25)45-38-16-8-4-12-32(38)33-13-5-9-17-39(33)45;1-4(6)3-5(2)7;/h2*2-21,23-24H,1H3;3H2,1-2H3;/q2*-1;;+3. The molecule has 10 nitrogen and oxygen atoms in total. The summed E-state index contributed by atoms with van der Waals surface area (Å²) in [5.41, 5.74) is 18.9. The molecule has 0 unspecified atom stereocenters. The van der Waals surface area contributed by atoms with E-state index < -0.39 is 0 Å². The fourth-order valence-electron chi connectivity index (χ4n) is 15.1. The van der Waals surface area contributed by atoms with Gasteiger partial charge >= 0.3 is 20.1 Å². The number of rotatable bonds is 6. The topological polar surface area (TPSA) is 105 Å². The van der Waals surface area contributed by atoms with Crippen LogP contribution < -0.4 is 0 Å². The molecule has 14 aromatic carbocycles. The average Bonchev–Trinajstić information content (AvgIpc) is 1.18. The van der Waals surface area contributed by atoms with Crippen LogP contribution in [0.3, 0.4) is 0 Å². The number of para-hydroxylation sites is 8. The minimum atomic E-state index is -0.0625. The summed E-state index contributed by atoms with van der Waals surface area (Å²) < 4.78 is 9.35. The van der Waals surface area contributed by atoms with Crippen LogP contribution in [-0.2, 0) is 29.7 Å². The maximum absolute atomic E-state index is 10.0. The van der Waals surface area contributed by atoms with Crippen LogP contribution in [0.2, 0.25) is 0 Å². The van der Waals surface area contributed by atoms with Gasteiger partial charge in [-0.25, -0.2) is 0 Å². The molecule has 20 rings (SSSR count). The number of aryl methyl sites for hydroxylation is 2. The first-order chi connectivity index (χ1) is 47.6. The molecule has 11 heteroatoms. The van der Waals surface area contributed by atoms with Gasteiger partial charge in [0, 0.05) is 77.9 Å². The Bertz CT molecular complexity index is 6120. The van der Waals surface area contributed by atoms with Gasteiger partial charge in [0.1, 0.15) is 11.6 Å². The van der Waals surface area contributed by atoms with Crippen molar-refractivity contribution in [1.29, 1.82) is 0 Å². The molecule has 0 amide bonds. The molecular weight excluding hydrogens is 1380 g/mol. The van der Waals surface area contributed by atoms with Gasteiger partial charge in [0.15, 0.2) is 0 Å². The Morgan fingerprint density at radius 2 is 0.571 bits per heavy atom. The van der Waals surface area contributed by atoms with Crippen LogP contribution in [0.5, 0.6) is 0 Å². The summed E-state index contributed by atoms with van der Waals surface area (Å²) in [7, 11) is 0. The maximum atomic E-state index is 10.0. The van der Waals surface area contributed by atoms with Gasteiger partial charge in [-0.2, -0.15) is 0 Å². The van der Waals surface area contributed by atoms with E-state index in [1.165, 1.54) is 79.0 Å². The van der Waals surface area contributed by atoms with Gasteiger partial charge in [-0.3, -0.25) is 19.6 Å². The summed E-state index contributed by atoms with van der Waals surface area (Å²) in [6, 6.07) is 98.9. The second-order valence-corrected chi connectivity index (χ2v) is 25.2. The molecule has 0 aliphatic heterocycles. The van der Waals surface area contributed by atoms with Crippen molar-refractivity contribution in [1.82, 2.24) is 38.2 Å². The van der Waals surface area contributed by atoms with E-state index in [0.717, 1.165) is 121 Å². The molecule has 0 N–H and O–H groups in total. The molecule has 0 aliphatic carbocycles. The van der Waals surface area contributed by atoms with Gasteiger partial charge in [0.25, 0.3) is 0 Å². The molecule has 6 aromatic heterocycles. The van der Waals surface area contributed by atoms with Crippen molar-refractivity contribution in [3.05, 3.63) is 291 Å². The summed E-state index contributed by atoms with van der Waals surface area (Å²) in [5.74, 6) is -0.125. The van der Waals surface area contributed by atoms with Crippen LogP contribution in [0.1, 0.15) is 31.7 Å². The zero-order valence-electron chi connectivity index (χ0n) is 53.8. The van der Waals surface area contributed by atoms with Crippen molar-refractivity contribution in [2.75, 3.05) is 0 Å². The molecule has 0 fully saturated rings. The largest absolute Gasteiger partial charge is 3.00 e. The van der Waals surface area contributed by atoms with Crippen LogP contribution in [0.25, 0.3) is 175 Å². The normalized spacial score (nSPS) is 11.7. The number of fused-ring (bicyclic) bond motifs is 24. The average molecular weight is 1440 g/mol. The Hall–Kier alpha value is -12.0. The quantitative estimate of drug-likeness (QED) is 0.0933. The van der Waals surface area contributed by atoms with Gasteiger partial charge in [0.2, 0.25) is 0 Å². The number of nitrogens with zero attached hydrogens (tertiary/aromatic N) is 8. The minimum absolute atomic E-state index is 0. The fraction of sp³-hybridized carbons (Fsp3) is 0.0575. The first kappa shape index (κ1) is 59.7. The number of aromatic nitrogens is 8. The fourth-order valence-corrected chi connectivity index (χ4v) is 15.1. The Morgan fingerprint density at radius 3 is 0.847 bits per heavy atom. The second-order valence-electron chi connectivity index (χ2n) is 25.2. The van der Waals surface area contributed by atoms with E-state index in [1.807, 2.05) is 26.2 Å². The summed E-state index contributed by atoms with van der Waals surface area (Å²) in [5, 5.41) is 18.6. The van der Waals surface area contributed by atoms with Crippen molar-refractivity contribution in [2.24, 2.45) is 0 Å². The molecular formula is C87H58IrN8O2+. The summed E-state index contributed by atoms with van der Waals surface area (Å²) >= 11 is 0. The van der Waals surface area contributed by atoms with E-state index in [4.69, 9.17) is 19.9 Å². The van der Waals surface area contributed by atoms with Crippen molar-refractivity contribution in [2.45, 2.75) is 34.1 Å². The molecule has 0 saturated heterocycles. The van der Waals surface area contributed by atoms with E-state index in [-0.39, 0.29) is 38.1 Å². The van der Waals surface area contributed by atoms with Crippen molar-refractivity contribution >= 4 is 164 Å². The number of carbonyl (C=O) groups is 2. The van der Waals surface area contributed by atoms with E-state index >= 15 is 0 Å². The minimum Gasteiger partial charge on any atom is -0.327 e. The van der Waals surface area contributed by atoms with Crippen molar-refractivity contribution in [3.8, 4) is 22.7 Å². The predicted octanol–water partition coefficient (Wildman–Crippen LogP) is 21.0. The van der Waals surface area contributed by atoms with E-state index in [9.17, 15) is 9.59 Å². The monoisotopic (exact) mass is 1440 g/mol. The Kier molecular flexibility index (Phi) is 14.5. The Balaban J connectivity index is 0.000000133. The molecule has 0 bridgehead atoms. The van der Waals surface area contributed by atoms with Gasteiger partial charge in [-0.1, -0.05) is 179 Å². The third-order valence-corrected chi connectivity index (χ3v) is 19.0. The summed E-state index contributed by atoms with van der Waals surface area (Å²) in [6.45, 7) is 6.83. The van der Waals surface area contributed by atoms with Gasteiger partial charge in [-0.15, -0.1) is 47.2 Å². The third kappa shape index (κ3) is 9.56. The van der Waals surface area contributed by atoms with Gasteiger partial charge in [-0.05, 0) is 123 Å². The second kappa shape index (κ2) is 23.7. The summed E-state index contributed by atoms with van der Waals surface area (Å²) in [6.07, 6.45) is 3.82. The number of hydrogen-bond donors (Lipinski definition) is 0.